The topological polar surface area (TPSA) is 77.8 Å². The molecule has 2 aromatic rings. The smallest absolute Gasteiger partial charge is 0.228 e. The molecule has 0 aliphatic rings. The van der Waals surface area contributed by atoms with Crippen LogP contribution in [0.15, 0.2) is 16.7 Å². The Bertz CT molecular complexity index is 515. The minimum atomic E-state index is 0.0687. The van der Waals surface area contributed by atoms with Gasteiger partial charge in [-0.1, -0.05) is 12.1 Å². The summed E-state index contributed by atoms with van der Waals surface area (Å²) in [7, 11) is 0. The van der Waals surface area contributed by atoms with E-state index < -0.39 is 0 Å². The van der Waals surface area contributed by atoms with Gasteiger partial charge in [0.1, 0.15) is 0 Å². The summed E-state index contributed by atoms with van der Waals surface area (Å²) in [5.41, 5.74) is 8.69. The second kappa shape index (κ2) is 5.27. The third kappa shape index (κ3) is 2.92. The van der Waals surface area contributed by atoms with Crippen LogP contribution in [0.1, 0.15) is 30.6 Å². The summed E-state index contributed by atoms with van der Waals surface area (Å²) in [5.74, 6) is 1.19. The van der Waals surface area contributed by atoms with E-state index in [4.69, 9.17) is 10.3 Å². The van der Waals surface area contributed by atoms with Gasteiger partial charge in [-0.3, -0.25) is 4.98 Å². The van der Waals surface area contributed by atoms with Crippen LogP contribution in [0.5, 0.6) is 0 Å². The fraction of sp³-hybridized carbons (Fsp3) is 0.462. The Morgan fingerprint density at radius 1 is 1.22 bits per heavy atom. The molecule has 1 unspecified atom stereocenters. The average Bonchev–Trinajstić information content (AvgIpc) is 2.76. The highest BCUT2D eigenvalue weighted by molar-refractivity contribution is 5.55. The van der Waals surface area contributed by atoms with E-state index in [1.54, 1.807) is 0 Å². The van der Waals surface area contributed by atoms with Gasteiger partial charge in [0, 0.05) is 29.4 Å². The minimum absolute atomic E-state index is 0.0687. The van der Waals surface area contributed by atoms with E-state index in [9.17, 15) is 0 Å². The van der Waals surface area contributed by atoms with Crippen LogP contribution in [0.3, 0.4) is 0 Å². The van der Waals surface area contributed by atoms with Gasteiger partial charge >= 0.3 is 0 Å². The Morgan fingerprint density at radius 3 is 2.50 bits per heavy atom. The fourth-order valence-electron chi connectivity index (χ4n) is 1.79. The molecule has 0 bridgehead atoms. The molecule has 1 atom stereocenters. The molecule has 2 heterocycles. The van der Waals surface area contributed by atoms with Crippen LogP contribution < -0.4 is 5.73 Å². The largest absolute Gasteiger partial charge is 0.339 e. The zero-order valence-electron chi connectivity index (χ0n) is 11.0. The third-order valence-electron chi connectivity index (χ3n) is 2.77. The summed E-state index contributed by atoms with van der Waals surface area (Å²) in [5, 5.41) is 3.99. The zero-order valence-corrected chi connectivity index (χ0v) is 11.0. The van der Waals surface area contributed by atoms with E-state index in [0.717, 1.165) is 23.4 Å². The van der Waals surface area contributed by atoms with E-state index in [2.05, 4.69) is 15.1 Å². The molecule has 2 rings (SSSR count). The molecular weight excluding hydrogens is 228 g/mol. The summed E-state index contributed by atoms with van der Waals surface area (Å²) in [4.78, 5) is 8.69. The van der Waals surface area contributed by atoms with Crippen molar-refractivity contribution in [3.8, 4) is 11.4 Å². The van der Waals surface area contributed by atoms with E-state index >= 15 is 0 Å². The van der Waals surface area contributed by atoms with E-state index in [0.29, 0.717) is 18.1 Å². The van der Waals surface area contributed by atoms with Crippen LogP contribution in [0.4, 0.5) is 0 Å². The molecule has 0 saturated carbocycles. The van der Waals surface area contributed by atoms with Crippen molar-refractivity contribution >= 4 is 0 Å². The molecule has 5 nitrogen and oxygen atoms in total. The Hall–Kier alpha value is -1.75. The van der Waals surface area contributed by atoms with Crippen LogP contribution >= 0.6 is 0 Å². The van der Waals surface area contributed by atoms with Crippen molar-refractivity contribution in [2.45, 2.75) is 39.7 Å². The van der Waals surface area contributed by atoms with Gasteiger partial charge in [-0.2, -0.15) is 4.98 Å². The van der Waals surface area contributed by atoms with E-state index in [1.165, 1.54) is 0 Å². The molecule has 0 saturated heterocycles. The van der Waals surface area contributed by atoms with Crippen LogP contribution in [-0.4, -0.2) is 21.2 Å². The Labute approximate surface area is 106 Å². The normalized spacial score (nSPS) is 12.7. The summed E-state index contributed by atoms with van der Waals surface area (Å²) in [6, 6.07) is 3.96. The lowest BCUT2D eigenvalue weighted by molar-refractivity contribution is 0.368. The van der Waals surface area contributed by atoms with Crippen molar-refractivity contribution in [1.29, 1.82) is 0 Å². The molecule has 18 heavy (non-hydrogen) atoms. The predicted octanol–water partition coefficient (Wildman–Crippen LogP) is 2.03. The Kier molecular flexibility index (Phi) is 3.72. The SMILES string of the molecule is CCC(N)Cc1nc(-c2cc(C)nc(C)c2)no1. The quantitative estimate of drug-likeness (QED) is 0.893. The van der Waals surface area contributed by atoms with Gasteiger partial charge in [-0.25, -0.2) is 0 Å². The summed E-state index contributed by atoms with van der Waals surface area (Å²) >= 11 is 0. The molecule has 0 aliphatic heterocycles. The molecular formula is C13H18N4O. The zero-order chi connectivity index (χ0) is 13.1. The van der Waals surface area contributed by atoms with E-state index in [1.807, 2.05) is 32.9 Å². The van der Waals surface area contributed by atoms with Crippen LogP contribution in [0, 0.1) is 13.8 Å². The molecule has 0 spiro atoms. The molecule has 5 heteroatoms. The molecule has 0 amide bonds. The first kappa shape index (κ1) is 12.7. The number of hydrogen-bond acceptors (Lipinski definition) is 5. The van der Waals surface area contributed by atoms with Crippen LogP contribution in [0.25, 0.3) is 11.4 Å². The number of hydrogen-bond donors (Lipinski definition) is 1. The average molecular weight is 246 g/mol. The lowest BCUT2D eigenvalue weighted by Gasteiger charge is -2.02. The molecule has 0 radical (unpaired) electrons. The van der Waals surface area contributed by atoms with Gasteiger partial charge in [0.2, 0.25) is 11.7 Å². The maximum atomic E-state index is 5.86. The minimum Gasteiger partial charge on any atom is -0.339 e. The molecule has 2 N–H and O–H groups in total. The first-order valence-corrected chi connectivity index (χ1v) is 6.12. The lowest BCUT2D eigenvalue weighted by Crippen LogP contribution is -2.21. The van der Waals surface area contributed by atoms with Gasteiger partial charge in [-0.15, -0.1) is 0 Å². The lowest BCUT2D eigenvalue weighted by atomic mass is 10.1. The van der Waals surface area contributed by atoms with Crippen LogP contribution in [-0.2, 0) is 6.42 Å². The predicted molar refractivity (Wildman–Crippen MR) is 69.0 cm³/mol. The van der Waals surface area contributed by atoms with Crippen molar-refractivity contribution in [3.63, 3.8) is 0 Å². The standard InChI is InChI=1S/C13H18N4O/c1-4-11(14)7-12-16-13(17-18-12)10-5-8(2)15-9(3)6-10/h5-6,11H,4,7,14H2,1-3H3. The van der Waals surface area contributed by atoms with E-state index in [-0.39, 0.29) is 6.04 Å². The van der Waals surface area contributed by atoms with Crippen molar-refractivity contribution in [3.05, 3.63) is 29.4 Å². The van der Waals surface area contributed by atoms with Crippen molar-refractivity contribution in [2.75, 3.05) is 0 Å². The second-order valence-electron chi connectivity index (χ2n) is 4.52. The Balaban J connectivity index is 2.23. The first-order valence-electron chi connectivity index (χ1n) is 6.12. The third-order valence-corrected chi connectivity index (χ3v) is 2.77. The Morgan fingerprint density at radius 2 is 1.89 bits per heavy atom. The maximum absolute atomic E-state index is 5.86. The van der Waals surface area contributed by atoms with Gasteiger partial charge in [-0.05, 0) is 32.4 Å². The van der Waals surface area contributed by atoms with Crippen molar-refractivity contribution in [2.24, 2.45) is 5.73 Å². The summed E-state index contributed by atoms with van der Waals surface area (Å²) in [6.45, 7) is 5.94. The summed E-state index contributed by atoms with van der Waals surface area (Å²) < 4.78 is 5.21. The second-order valence-corrected chi connectivity index (χ2v) is 4.52. The number of pyridine rings is 1. The van der Waals surface area contributed by atoms with Crippen molar-refractivity contribution in [1.82, 2.24) is 15.1 Å². The molecule has 2 aromatic heterocycles. The number of aromatic nitrogens is 3. The number of aryl methyl sites for hydroxylation is 2. The fourth-order valence-corrected chi connectivity index (χ4v) is 1.79. The highest BCUT2D eigenvalue weighted by atomic mass is 16.5. The molecule has 0 aromatic carbocycles. The molecule has 0 fully saturated rings. The number of nitrogens with zero attached hydrogens (tertiary/aromatic N) is 3. The molecule has 96 valence electrons. The first-order chi connectivity index (χ1) is 8.58. The molecule has 0 aliphatic carbocycles. The number of rotatable bonds is 4. The number of nitrogens with two attached hydrogens (primary N) is 1. The highest BCUT2D eigenvalue weighted by Crippen LogP contribution is 2.18. The van der Waals surface area contributed by atoms with Gasteiger partial charge < -0.3 is 10.3 Å². The van der Waals surface area contributed by atoms with Gasteiger partial charge in [0.25, 0.3) is 0 Å². The van der Waals surface area contributed by atoms with Crippen LogP contribution in [0.2, 0.25) is 0 Å². The van der Waals surface area contributed by atoms with Gasteiger partial charge in [0.15, 0.2) is 0 Å². The summed E-state index contributed by atoms with van der Waals surface area (Å²) in [6.07, 6.45) is 1.51. The maximum Gasteiger partial charge on any atom is 0.228 e. The monoisotopic (exact) mass is 246 g/mol. The van der Waals surface area contributed by atoms with Gasteiger partial charge in [0.05, 0.1) is 0 Å². The highest BCUT2D eigenvalue weighted by Gasteiger charge is 2.12. The van der Waals surface area contributed by atoms with Crippen molar-refractivity contribution < 1.29 is 4.52 Å².